The Morgan fingerprint density at radius 2 is 1.58 bits per heavy atom. The zero-order valence-electron chi connectivity index (χ0n) is 13.7. The fourth-order valence-electron chi connectivity index (χ4n) is 2.74. The van der Waals surface area contributed by atoms with E-state index in [4.69, 9.17) is 4.74 Å². The molecule has 1 saturated carbocycles. The monoisotopic (exact) mass is 325 g/mol. The first-order chi connectivity index (χ1) is 11.6. The molecular weight excluding hydrogens is 306 g/mol. The van der Waals surface area contributed by atoms with Crippen LogP contribution in [0.3, 0.4) is 0 Å². The van der Waals surface area contributed by atoms with Gasteiger partial charge in [0.2, 0.25) is 5.91 Å². The Hall–Kier alpha value is -2.82. The van der Waals surface area contributed by atoms with Gasteiger partial charge in [0.15, 0.2) is 0 Å². The van der Waals surface area contributed by atoms with Crippen LogP contribution >= 0.6 is 0 Å². The SMILES string of the molecule is COC(=O)c1ccc(NC(=O)C2(c3ccc(OC)cc3)CC2)cc1. The third-order valence-corrected chi connectivity index (χ3v) is 4.39. The summed E-state index contributed by atoms with van der Waals surface area (Å²) in [5.74, 6) is 0.344. The molecule has 0 unspecified atom stereocenters. The van der Waals surface area contributed by atoms with Crippen LogP contribution in [0.5, 0.6) is 5.75 Å². The van der Waals surface area contributed by atoms with Crippen molar-refractivity contribution in [2.45, 2.75) is 18.3 Å². The molecule has 2 aromatic rings. The summed E-state index contributed by atoms with van der Waals surface area (Å²) in [5, 5.41) is 2.93. The summed E-state index contributed by atoms with van der Waals surface area (Å²) in [6, 6.07) is 14.3. The Bertz CT molecular complexity index is 746. The molecule has 0 aromatic heterocycles. The average molecular weight is 325 g/mol. The Morgan fingerprint density at radius 1 is 0.958 bits per heavy atom. The number of ether oxygens (including phenoxy) is 2. The molecule has 5 heteroatoms. The van der Waals surface area contributed by atoms with Crippen molar-refractivity contribution in [1.29, 1.82) is 0 Å². The summed E-state index contributed by atoms with van der Waals surface area (Å²) in [5.41, 5.74) is 1.64. The summed E-state index contributed by atoms with van der Waals surface area (Å²) in [4.78, 5) is 24.1. The van der Waals surface area contributed by atoms with Crippen LogP contribution in [0, 0.1) is 0 Å². The van der Waals surface area contributed by atoms with Gasteiger partial charge >= 0.3 is 5.97 Å². The van der Waals surface area contributed by atoms with Gasteiger partial charge in [0, 0.05) is 5.69 Å². The Balaban J connectivity index is 1.73. The number of carbonyl (C=O) groups is 2. The number of hydrogen-bond acceptors (Lipinski definition) is 4. The van der Waals surface area contributed by atoms with Gasteiger partial charge in [-0.2, -0.15) is 0 Å². The Morgan fingerprint density at radius 3 is 2.08 bits per heavy atom. The number of esters is 1. The van der Waals surface area contributed by atoms with E-state index in [0.29, 0.717) is 11.3 Å². The molecule has 1 aliphatic carbocycles. The summed E-state index contributed by atoms with van der Waals surface area (Å²) in [6.07, 6.45) is 1.65. The smallest absolute Gasteiger partial charge is 0.337 e. The maximum Gasteiger partial charge on any atom is 0.337 e. The van der Waals surface area contributed by atoms with E-state index in [-0.39, 0.29) is 5.91 Å². The van der Waals surface area contributed by atoms with Gasteiger partial charge < -0.3 is 14.8 Å². The van der Waals surface area contributed by atoms with Crippen molar-refractivity contribution in [3.8, 4) is 5.75 Å². The zero-order chi connectivity index (χ0) is 17.2. The molecule has 0 bridgehead atoms. The van der Waals surface area contributed by atoms with Crippen LogP contribution in [-0.2, 0) is 14.9 Å². The molecule has 0 heterocycles. The van der Waals surface area contributed by atoms with Crippen molar-refractivity contribution in [2.24, 2.45) is 0 Å². The topological polar surface area (TPSA) is 64.6 Å². The molecule has 3 rings (SSSR count). The molecule has 1 aliphatic rings. The van der Waals surface area contributed by atoms with E-state index < -0.39 is 11.4 Å². The molecule has 1 N–H and O–H groups in total. The minimum absolute atomic E-state index is 0.0292. The summed E-state index contributed by atoms with van der Waals surface area (Å²) in [7, 11) is 2.95. The van der Waals surface area contributed by atoms with Gasteiger partial charge in [0.25, 0.3) is 0 Å². The van der Waals surface area contributed by atoms with Crippen molar-refractivity contribution in [3.63, 3.8) is 0 Å². The van der Waals surface area contributed by atoms with Gasteiger partial charge in [-0.25, -0.2) is 4.79 Å². The molecule has 0 radical (unpaired) electrons. The van der Waals surface area contributed by atoms with Crippen LogP contribution in [-0.4, -0.2) is 26.1 Å². The van der Waals surface area contributed by atoms with Crippen LogP contribution in [0.2, 0.25) is 0 Å². The second kappa shape index (κ2) is 6.35. The van der Waals surface area contributed by atoms with Gasteiger partial charge in [-0.05, 0) is 54.8 Å². The third-order valence-electron chi connectivity index (χ3n) is 4.39. The van der Waals surface area contributed by atoms with Gasteiger partial charge in [0.05, 0.1) is 25.2 Å². The number of nitrogens with one attached hydrogen (secondary N) is 1. The van der Waals surface area contributed by atoms with Crippen molar-refractivity contribution < 1.29 is 19.1 Å². The average Bonchev–Trinajstić information content (AvgIpc) is 3.44. The maximum atomic E-state index is 12.7. The zero-order valence-corrected chi connectivity index (χ0v) is 13.7. The minimum atomic E-state index is -0.465. The highest BCUT2D eigenvalue weighted by Gasteiger charge is 2.51. The van der Waals surface area contributed by atoms with E-state index in [1.165, 1.54) is 7.11 Å². The predicted octanol–water partition coefficient (Wildman–Crippen LogP) is 3.15. The fourth-order valence-corrected chi connectivity index (χ4v) is 2.74. The lowest BCUT2D eigenvalue weighted by molar-refractivity contribution is -0.118. The maximum absolute atomic E-state index is 12.7. The molecule has 0 spiro atoms. The van der Waals surface area contributed by atoms with E-state index in [2.05, 4.69) is 10.1 Å². The van der Waals surface area contributed by atoms with Crippen molar-refractivity contribution in [3.05, 3.63) is 59.7 Å². The molecule has 0 atom stereocenters. The largest absolute Gasteiger partial charge is 0.497 e. The van der Waals surface area contributed by atoms with Gasteiger partial charge in [0.1, 0.15) is 5.75 Å². The molecule has 0 saturated heterocycles. The van der Waals surface area contributed by atoms with E-state index in [1.807, 2.05) is 24.3 Å². The molecule has 124 valence electrons. The van der Waals surface area contributed by atoms with Crippen molar-refractivity contribution in [2.75, 3.05) is 19.5 Å². The van der Waals surface area contributed by atoms with Gasteiger partial charge in [-0.15, -0.1) is 0 Å². The molecule has 5 nitrogen and oxygen atoms in total. The molecule has 1 amide bonds. The van der Waals surface area contributed by atoms with Crippen LogP contribution in [0.25, 0.3) is 0 Å². The number of rotatable bonds is 5. The van der Waals surface area contributed by atoms with E-state index in [0.717, 1.165) is 24.2 Å². The number of methoxy groups -OCH3 is 2. The summed E-state index contributed by atoms with van der Waals surface area (Å²) < 4.78 is 9.82. The molecule has 0 aliphatic heterocycles. The number of anilines is 1. The lowest BCUT2D eigenvalue weighted by Gasteiger charge is -2.16. The van der Waals surface area contributed by atoms with E-state index in [9.17, 15) is 9.59 Å². The quantitative estimate of drug-likeness (QED) is 0.858. The Labute approximate surface area is 140 Å². The highest BCUT2D eigenvalue weighted by atomic mass is 16.5. The van der Waals surface area contributed by atoms with Crippen LogP contribution in [0.15, 0.2) is 48.5 Å². The highest BCUT2D eigenvalue weighted by molar-refractivity contribution is 6.01. The summed E-state index contributed by atoms with van der Waals surface area (Å²) in [6.45, 7) is 0. The molecule has 2 aromatic carbocycles. The first-order valence-corrected chi connectivity index (χ1v) is 7.73. The van der Waals surface area contributed by atoms with Crippen LogP contribution in [0.1, 0.15) is 28.8 Å². The molecule has 1 fully saturated rings. The van der Waals surface area contributed by atoms with E-state index >= 15 is 0 Å². The fraction of sp³-hybridized carbons (Fsp3) is 0.263. The van der Waals surface area contributed by atoms with Crippen LogP contribution in [0.4, 0.5) is 5.69 Å². The van der Waals surface area contributed by atoms with Gasteiger partial charge in [-0.1, -0.05) is 12.1 Å². The lowest BCUT2D eigenvalue weighted by atomic mass is 9.94. The van der Waals surface area contributed by atoms with Crippen molar-refractivity contribution >= 4 is 17.6 Å². The normalized spacial score (nSPS) is 14.6. The third kappa shape index (κ3) is 2.97. The predicted molar refractivity (Wildman–Crippen MR) is 90.3 cm³/mol. The lowest BCUT2D eigenvalue weighted by Crippen LogP contribution is -2.27. The number of carbonyl (C=O) groups excluding carboxylic acids is 2. The number of hydrogen-bond donors (Lipinski definition) is 1. The number of benzene rings is 2. The number of amides is 1. The standard InChI is InChI=1S/C19H19NO4/c1-23-16-9-5-14(6-10-16)19(11-12-19)18(22)20-15-7-3-13(4-8-15)17(21)24-2/h3-10H,11-12H2,1-2H3,(H,20,22). The minimum Gasteiger partial charge on any atom is -0.497 e. The summed E-state index contributed by atoms with van der Waals surface area (Å²) >= 11 is 0. The van der Waals surface area contributed by atoms with Crippen molar-refractivity contribution in [1.82, 2.24) is 0 Å². The molecule has 24 heavy (non-hydrogen) atoms. The first-order valence-electron chi connectivity index (χ1n) is 7.73. The van der Waals surface area contributed by atoms with Crippen LogP contribution < -0.4 is 10.1 Å². The second-order valence-electron chi connectivity index (χ2n) is 5.83. The molecular formula is C19H19NO4. The highest BCUT2D eigenvalue weighted by Crippen LogP contribution is 2.49. The second-order valence-corrected chi connectivity index (χ2v) is 5.83. The van der Waals surface area contributed by atoms with E-state index in [1.54, 1.807) is 31.4 Å². The first kappa shape index (κ1) is 16.1. The Kier molecular flexibility index (Phi) is 4.25. The van der Waals surface area contributed by atoms with Gasteiger partial charge in [-0.3, -0.25) is 4.79 Å².